The summed E-state index contributed by atoms with van der Waals surface area (Å²) in [6.07, 6.45) is 2.68. The molecule has 0 aliphatic heterocycles. The summed E-state index contributed by atoms with van der Waals surface area (Å²) in [5.74, 6) is 1.82. The van der Waals surface area contributed by atoms with E-state index in [-0.39, 0.29) is 6.01 Å². The van der Waals surface area contributed by atoms with E-state index in [1.807, 2.05) is 13.0 Å². The van der Waals surface area contributed by atoms with E-state index in [9.17, 15) is 0 Å². The lowest BCUT2D eigenvalue weighted by Gasteiger charge is -2.09. The molecule has 0 spiro atoms. The number of nitrogens with two attached hydrogens (primary N) is 1. The van der Waals surface area contributed by atoms with Gasteiger partial charge in [-0.25, -0.2) is 0 Å². The number of nitrogens with zero attached hydrogens (tertiary/aromatic N) is 1. The van der Waals surface area contributed by atoms with Gasteiger partial charge in [0, 0.05) is 6.42 Å². The zero-order chi connectivity index (χ0) is 13.8. The van der Waals surface area contributed by atoms with E-state index in [0.29, 0.717) is 0 Å². The summed E-state index contributed by atoms with van der Waals surface area (Å²) in [6, 6.07) is 6.55. The van der Waals surface area contributed by atoms with Crippen molar-refractivity contribution in [3.63, 3.8) is 0 Å². The van der Waals surface area contributed by atoms with E-state index in [1.54, 1.807) is 7.11 Å². The van der Waals surface area contributed by atoms with Gasteiger partial charge in [0.2, 0.25) is 0 Å². The Morgan fingerprint density at radius 1 is 1.32 bits per heavy atom. The van der Waals surface area contributed by atoms with Gasteiger partial charge < -0.3 is 14.9 Å². The minimum absolute atomic E-state index is 0.247. The Bertz CT molecular complexity index is 561. The molecule has 2 N–H and O–H groups in total. The third kappa shape index (κ3) is 3.08. The Morgan fingerprint density at radius 3 is 2.68 bits per heavy atom. The Labute approximate surface area is 113 Å². The number of methoxy groups -OCH3 is 1. The lowest BCUT2D eigenvalue weighted by Crippen LogP contribution is -1.96. The van der Waals surface area contributed by atoms with Gasteiger partial charge in [0.1, 0.15) is 11.5 Å². The summed E-state index contributed by atoms with van der Waals surface area (Å²) in [7, 11) is 1.70. The molecule has 0 atom stereocenters. The van der Waals surface area contributed by atoms with Crippen LogP contribution in [-0.2, 0) is 19.3 Å². The van der Waals surface area contributed by atoms with Crippen LogP contribution in [0.5, 0.6) is 5.75 Å². The second-order valence-corrected chi connectivity index (χ2v) is 4.56. The first-order valence-corrected chi connectivity index (χ1v) is 6.51. The summed E-state index contributed by atoms with van der Waals surface area (Å²) in [5, 5.41) is 0. The van der Waals surface area contributed by atoms with Crippen molar-refractivity contribution in [3.05, 3.63) is 40.8 Å². The molecule has 0 radical (unpaired) electrons. The lowest BCUT2D eigenvalue weighted by molar-refractivity contribution is 0.410. The molecule has 4 heteroatoms. The number of ether oxygens (including phenoxy) is 1. The highest BCUT2D eigenvalue weighted by molar-refractivity contribution is 5.37. The quantitative estimate of drug-likeness (QED) is 0.898. The minimum Gasteiger partial charge on any atom is -0.496 e. The molecule has 0 fully saturated rings. The summed E-state index contributed by atoms with van der Waals surface area (Å²) in [4.78, 5) is 4.08. The van der Waals surface area contributed by atoms with Gasteiger partial charge in [0.15, 0.2) is 0 Å². The Morgan fingerprint density at radius 2 is 2.11 bits per heavy atom. The average molecular weight is 260 g/mol. The van der Waals surface area contributed by atoms with Gasteiger partial charge in [-0.1, -0.05) is 19.1 Å². The zero-order valence-corrected chi connectivity index (χ0v) is 11.7. The molecule has 2 aromatic rings. The zero-order valence-electron chi connectivity index (χ0n) is 11.7. The van der Waals surface area contributed by atoms with Crippen LogP contribution in [0, 0.1) is 6.92 Å². The third-order valence-corrected chi connectivity index (χ3v) is 3.28. The van der Waals surface area contributed by atoms with Gasteiger partial charge in [-0.05, 0) is 37.0 Å². The smallest absolute Gasteiger partial charge is 0.292 e. The molecular weight excluding hydrogens is 240 g/mol. The first-order valence-electron chi connectivity index (χ1n) is 6.51. The summed E-state index contributed by atoms with van der Waals surface area (Å²) in [5.41, 5.74) is 8.91. The SMILES string of the molecule is CCc1cc(CCc2oc(N)nc2C)ccc1OC. The fourth-order valence-electron chi connectivity index (χ4n) is 2.20. The number of aryl methyl sites for hydroxylation is 4. The fraction of sp³-hybridized carbons (Fsp3) is 0.400. The summed E-state index contributed by atoms with van der Waals surface area (Å²) in [6.45, 7) is 4.05. The number of hydrogen-bond donors (Lipinski definition) is 1. The Kier molecular flexibility index (Phi) is 4.10. The topological polar surface area (TPSA) is 61.3 Å². The van der Waals surface area contributed by atoms with Crippen LogP contribution in [0.25, 0.3) is 0 Å². The second-order valence-electron chi connectivity index (χ2n) is 4.56. The molecule has 0 saturated carbocycles. The maximum absolute atomic E-state index is 5.54. The van der Waals surface area contributed by atoms with Crippen molar-refractivity contribution >= 4 is 6.01 Å². The van der Waals surface area contributed by atoms with Crippen LogP contribution in [0.2, 0.25) is 0 Å². The molecule has 1 aromatic heterocycles. The number of rotatable bonds is 5. The van der Waals surface area contributed by atoms with Crippen molar-refractivity contribution in [1.82, 2.24) is 4.98 Å². The number of hydrogen-bond acceptors (Lipinski definition) is 4. The van der Waals surface area contributed by atoms with Crippen LogP contribution in [0.3, 0.4) is 0 Å². The van der Waals surface area contributed by atoms with Crippen LogP contribution >= 0.6 is 0 Å². The molecule has 0 saturated heterocycles. The number of nitrogen functional groups attached to an aromatic ring is 1. The van der Waals surface area contributed by atoms with Crippen LogP contribution in [0.15, 0.2) is 22.6 Å². The predicted molar refractivity (Wildman–Crippen MR) is 75.4 cm³/mol. The highest BCUT2D eigenvalue weighted by atomic mass is 16.5. The van der Waals surface area contributed by atoms with Crippen LogP contribution in [-0.4, -0.2) is 12.1 Å². The van der Waals surface area contributed by atoms with Crippen molar-refractivity contribution in [3.8, 4) is 5.75 Å². The van der Waals surface area contributed by atoms with Crippen LogP contribution in [0.4, 0.5) is 6.01 Å². The first kappa shape index (κ1) is 13.5. The van der Waals surface area contributed by atoms with E-state index in [0.717, 1.165) is 36.5 Å². The third-order valence-electron chi connectivity index (χ3n) is 3.28. The molecule has 0 bridgehead atoms. The maximum Gasteiger partial charge on any atom is 0.292 e. The summed E-state index contributed by atoms with van der Waals surface area (Å²) >= 11 is 0. The standard InChI is InChI=1S/C15H20N2O2/c1-4-12-9-11(6-8-14(12)18-3)5-7-13-10(2)17-15(16)19-13/h6,8-9H,4-5,7H2,1-3H3,(H2,16,17). The maximum atomic E-state index is 5.54. The number of anilines is 1. The molecule has 1 heterocycles. The summed E-state index contributed by atoms with van der Waals surface area (Å²) < 4.78 is 10.7. The van der Waals surface area contributed by atoms with Gasteiger partial charge >= 0.3 is 0 Å². The van der Waals surface area contributed by atoms with Gasteiger partial charge in [-0.2, -0.15) is 4.98 Å². The lowest BCUT2D eigenvalue weighted by atomic mass is 10.0. The molecule has 1 aromatic carbocycles. The van der Waals surface area contributed by atoms with Crippen LogP contribution < -0.4 is 10.5 Å². The van der Waals surface area contributed by atoms with Gasteiger partial charge in [-0.3, -0.25) is 0 Å². The Balaban J connectivity index is 2.09. The highest BCUT2D eigenvalue weighted by Crippen LogP contribution is 2.22. The molecule has 2 rings (SSSR count). The second kappa shape index (κ2) is 5.78. The average Bonchev–Trinajstić information content (AvgIpc) is 2.74. The molecule has 4 nitrogen and oxygen atoms in total. The van der Waals surface area contributed by atoms with E-state index in [1.165, 1.54) is 11.1 Å². The Hall–Kier alpha value is -1.97. The van der Waals surface area contributed by atoms with Crippen molar-refractivity contribution < 1.29 is 9.15 Å². The molecule has 102 valence electrons. The van der Waals surface area contributed by atoms with E-state index in [4.69, 9.17) is 14.9 Å². The van der Waals surface area contributed by atoms with Crippen LogP contribution in [0.1, 0.15) is 29.5 Å². The number of aromatic nitrogens is 1. The molecule has 0 aliphatic rings. The minimum atomic E-state index is 0.247. The monoisotopic (exact) mass is 260 g/mol. The van der Waals surface area contributed by atoms with Crippen molar-refractivity contribution in [2.75, 3.05) is 12.8 Å². The highest BCUT2D eigenvalue weighted by Gasteiger charge is 2.08. The van der Waals surface area contributed by atoms with Crippen molar-refractivity contribution in [1.29, 1.82) is 0 Å². The van der Waals surface area contributed by atoms with Gasteiger partial charge in [0.05, 0.1) is 12.8 Å². The first-order chi connectivity index (χ1) is 9.13. The molecule has 19 heavy (non-hydrogen) atoms. The van der Waals surface area contributed by atoms with Crippen molar-refractivity contribution in [2.24, 2.45) is 0 Å². The van der Waals surface area contributed by atoms with E-state index in [2.05, 4.69) is 24.0 Å². The predicted octanol–water partition coefficient (Wildman–Crippen LogP) is 2.92. The van der Waals surface area contributed by atoms with Gasteiger partial charge in [-0.15, -0.1) is 0 Å². The molecular formula is C15H20N2O2. The molecule has 0 aliphatic carbocycles. The van der Waals surface area contributed by atoms with Gasteiger partial charge in [0.25, 0.3) is 6.01 Å². The largest absolute Gasteiger partial charge is 0.496 e. The molecule has 0 amide bonds. The van der Waals surface area contributed by atoms with E-state index < -0.39 is 0 Å². The van der Waals surface area contributed by atoms with E-state index >= 15 is 0 Å². The fourth-order valence-corrected chi connectivity index (χ4v) is 2.20. The number of oxazole rings is 1. The molecule has 0 unspecified atom stereocenters. The van der Waals surface area contributed by atoms with Crippen molar-refractivity contribution in [2.45, 2.75) is 33.1 Å². The normalized spacial score (nSPS) is 10.7. The number of benzene rings is 1.